The molecule has 2 aliphatic heterocycles. The van der Waals surface area contributed by atoms with Crippen LogP contribution in [-0.4, -0.2) is 29.7 Å². The molecule has 1 N–H and O–H groups in total. The normalized spacial score (nSPS) is 19.9. The maximum atomic E-state index is 12.9. The van der Waals surface area contributed by atoms with Crippen molar-refractivity contribution in [2.45, 2.75) is 38.6 Å². The molecule has 2 aromatic carbocycles. The summed E-state index contributed by atoms with van der Waals surface area (Å²) in [6, 6.07) is 13.5. The van der Waals surface area contributed by atoms with E-state index < -0.39 is 0 Å². The number of rotatable bonds is 4. The minimum absolute atomic E-state index is 0.101. The van der Waals surface area contributed by atoms with Crippen LogP contribution in [0.2, 0.25) is 10.0 Å². The molecule has 29 heavy (non-hydrogen) atoms. The minimum Gasteiger partial charge on any atom is -0.284 e. The van der Waals surface area contributed by atoms with E-state index in [0.29, 0.717) is 22.2 Å². The van der Waals surface area contributed by atoms with Gasteiger partial charge in [0.25, 0.3) is 5.91 Å². The fourth-order valence-electron chi connectivity index (χ4n) is 3.80. The Bertz CT molecular complexity index is 923. The van der Waals surface area contributed by atoms with E-state index in [1.165, 1.54) is 12.0 Å². The first kappa shape index (κ1) is 20.2. The van der Waals surface area contributed by atoms with Crippen molar-refractivity contribution in [2.75, 3.05) is 18.1 Å². The molecule has 7 heteroatoms. The van der Waals surface area contributed by atoms with Crippen LogP contribution in [-0.2, 0) is 4.79 Å². The predicted molar refractivity (Wildman–Crippen MR) is 118 cm³/mol. The van der Waals surface area contributed by atoms with Gasteiger partial charge in [-0.15, -0.1) is 0 Å². The van der Waals surface area contributed by atoms with Gasteiger partial charge in [-0.25, -0.2) is 5.01 Å². The average molecular weight is 431 g/mol. The first-order valence-corrected chi connectivity index (χ1v) is 10.7. The van der Waals surface area contributed by atoms with Crippen molar-refractivity contribution in [3.63, 3.8) is 0 Å². The Balaban J connectivity index is 1.62. The second-order valence-corrected chi connectivity index (χ2v) is 8.45. The van der Waals surface area contributed by atoms with Crippen molar-refractivity contribution in [3.8, 4) is 0 Å². The number of nitrogens with zero attached hydrogens (tertiary/aromatic N) is 3. The molecule has 0 unspecified atom stereocenters. The van der Waals surface area contributed by atoms with E-state index in [1.54, 1.807) is 12.1 Å². The van der Waals surface area contributed by atoms with Crippen LogP contribution in [0.3, 0.4) is 0 Å². The molecule has 0 aliphatic carbocycles. The van der Waals surface area contributed by atoms with Crippen LogP contribution < -0.4 is 10.4 Å². The molecule has 152 valence electrons. The Morgan fingerprint density at radius 3 is 2.48 bits per heavy atom. The Labute approximate surface area is 181 Å². The highest BCUT2D eigenvalue weighted by atomic mass is 35.5. The molecule has 5 nitrogen and oxygen atoms in total. The average Bonchev–Trinajstić information content (AvgIpc) is 3.14. The SMILES string of the molecule is Cc1ccc([C@@H]2CC(C(=O)NN3CCCCC3)=NN2c2ccc(Cl)cc2Cl)cc1. The minimum atomic E-state index is -0.142. The van der Waals surface area contributed by atoms with Crippen molar-refractivity contribution < 1.29 is 4.79 Å². The number of nitrogens with one attached hydrogen (secondary N) is 1. The second-order valence-electron chi connectivity index (χ2n) is 7.61. The smallest absolute Gasteiger partial charge is 0.281 e. The highest BCUT2D eigenvalue weighted by Crippen LogP contribution is 2.39. The number of hydrogen-bond donors (Lipinski definition) is 1. The Kier molecular flexibility index (Phi) is 6.09. The van der Waals surface area contributed by atoms with E-state index in [-0.39, 0.29) is 11.9 Å². The molecular weight excluding hydrogens is 407 g/mol. The van der Waals surface area contributed by atoms with Gasteiger partial charge < -0.3 is 0 Å². The lowest BCUT2D eigenvalue weighted by Gasteiger charge is -2.26. The van der Waals surface area contributed by atoms with Gasteiger partial charge in [-0.3, -0.25) is 15.2 Å². The summed E-state index contributed by atoms with van der Waals surface area (Å²) in [6.45, 7) is 3.82. The molecule has 0 radical (unpaired) electrons. The summed E-state index contributed by atoms with van der Waals surface area (Å²) in [5.41, 5.74) is 6.54. The van der Waals surface area contributed by atoms with Crippen molar-refractivity contribution >= 4 is 40.5 Å². The van der Waals surface area contributed by atoms with Crippen LogP contribution in [0.15, 0.2) is 47.6 Å². The van der Waals surface area contributed by atoms with Crippen LogP contribution in [0.1, 0.15) is 42.9 Å². The van der Waals surface area contributed by atoms with Crippen molar-refractivity contribution in [2.24, 2.45) is 5.10 Å². The van der Waals surface area contributed by atoms with Crippen LogP contribution in [0.5, 0.6) is 0 Å². The van der Waals surface area contributed by atoms with Gasteiger partial charge in [0.1, 0.15) is 5.71 Å². The van der Waals surface area contributed by atoms with Crippen LogP contribution >= 0.6 is 23.2 Å². The zero-order valence-electron chi connectivity index (χ0n) is 16.4. The third-order valence-corrected chi connectivity index (χ3v) is 5.94. The molecule has 1 saturated heterocycles. The number of hydrazine groups is 1. The highest BCUT2D eigenvalue weighted by Gasteiger charge is 2.34. The van der Waals surface area contributed by atoms with E-state index in [2.05, 4.69) is 41.7 Å². The number of piperidine rings is 1. The Morgan fingerprint density at radius 2 is 1.79 bits per heavy atom. The van der Waals surface area contributed by atoms with Crippen molar-refractivity contribution in [1.29, 1.82) is 0 Å². The maximum absolute atomic E-state index is 12.9. The fraction of sp³-hybridized carbons (Fsp3) is 0.364. The number of halogens is 2. The monoisotopic (exact) mass is 430 g/mol. The summed E-state index contributed by atoms with van der Waals surface area (Å²) >= 11 is 12.5. The zero-order chi connectivity index (χ0) is 20.4. The lowest BCUT2D eigenvalue weighted by Crippen LogP contribution is -2.47. The van der Waals surface area contributed by atoms with E-state index in [1.807, 2.05) is 16.1 Å². The van der Waals surface area contributed by atoms with Crippen LogP contribution in [0, 0.1) is 6.92 Å². The lowest BCUT2D eigenvalue weighted by atomic mass is 10.00. The standard InChI is InChI=1S/C22H24Cl2N4O/c1-15-5-7-16(8-6-15)21-14-19(22(29)26-27-11-3-2-4-12-27)25-28(21)20-10-9-17(23)13-18(20)24/h5-10,13,21H,2-4,11-12,14H2,1H3,(H,26,29)/t21-/m0/s1. The Hall–Kier alpha value is -2.08. The number of amides is 1. The molecule has 0 spiro atoms. The number of aryl methyl sites for hydroxylation is 1. The number of hydrogen-bond acceptors (Lipinski definition) is 4. The molecule has 1 amide bonds. The van der Waals surface area contributed by atoms with Gasteiger partial charge in [0.15, 0.2) is 0 Å². The van der Waals surface area contributed by atoms with Gasteiger partial charge in [-0.2, -0.15) is 5.10 Å². The van der Waals surface area contributed by atoms with Crippen molar-refractivity contribution in [3.05, 3.63) is 63.6 Å². The van der Waals surface area contributed by atoms with Crippen LogP contribution in [0.4, 0.5) is 5.69 Å². The molecule has 0 saturated carbocycles. The maximum Gasteiger partial charge on any atom is 0.281 e. The predicted octanol–water partition coefficient (Wildman–Crippen LogP) is 5.13. The van der Waals surface area contributed by atoms with Gasteiger partial charge >= 0.3 is 0 Å². The number of carbonyl (C=O) groups is 1. The van der Waals surface area contributed by atoms with E-state index in [4.69, 9.17) is 23.2 Å². The third kappa shape index (κ3) is 4.58. The van der Waals surface area contributed by atoms with Gasteiger partial charge in [-0.05, 0) is 43.5 Å². The van der Waals surface area contributed by atoms with Gasteiger partial charge in [-0.1, -0.05) is 59.5 Å². The lowest BCUT2D eigenvalue weighted by molar-refractivity contribution is -0.119. The summed E-state index contributed by atoms with van der Waals surface area (Å²) in [7, 11) is 0. The summed E-state index contributed by atoms with van der Waals surface area (Å²) in [4.78, 5) is 12.9. The molecule has 2 aromatic rings. The summed E-state index contributed by atoms with van der Waals surface area (Å²) < 4.78 is 0. The van der Waals surface area contributed by atoms with Gasteiger partial charge in [0, 0.05) is 24.5 Å². The van der Waals surface area contributed by atoms with Crippen LogP contribution in [0.25, 0.3) is 0 Å². The number of anilines is 1. The Morgan fingerprint density at radius 1 is 1.07 bits per heavy atom. The van der Waals surface area contributed by atoms with Gasteiger partial charge in [0.2, 0.25) is 0 Å². The largest absolute Gasteiger partial charge is 0.284 e. The zero-order valence-corrected chi connectivity index (χ0v) is 17.9. The summed E-state index contributed by atoms with van der Waals surface area (Å²) in [5.74, 6) is -0.142. The molecule has 2 heterocycles. The number of carbonyl (C=O) groups excluding carboxylic acids is 1. The fourth-order valence-corrected chi connectivity index (χ4v) is 4.29. The van der Waals surface area contributed by atoms with E-state index in [0.717, 1.165) is 37.2 Å². The molecule has 0 aromatic heterocycles. The topological polar surface area (TPSA) is 47.9 Å². The summed E-state index contributed by atoms with van der Waals surface area (Å²) in [5, 5.41) is 9.59. The molecular formula is C22H24Cl2N4O. The number of benzene rings is 2. The molecule has 0 bridgehead atoms. The molecule has 2 aliphatic rings. The second kappa shape index (κ2) is 8.74. The first-order valence-electron chi connectivity index (χ1n) is 9.95. The molecule has 4 rings (SSSR count). The summed E-state index contributed by atoms with van der Waals surface area (Å²) in [6.07, 6.45) is 3.93. The highest BCUT2D eigenvalue weighted by molar-refractivity contribution is 6.40. The molecule has 1 atom stereocenters. The van der Waals surface area contributed by atoms with Crippen molar-refractivity contribution in [1.82, 2.24) is 10.4 Å². The quantitative estimate of drug-likeness (QED) is 0.731. The third-order valence-electron chi connectivity index (χ3n) is 5.41. The molecule has 1 fully saturated rings. The van der Waals surface area contributed by atoms with Gasteiger partial charge in [0.05, 0.1) is 16.8 Å². The van der Waals surface area contributed by atoms with E-state index in [9.17, 15) is 4.79 Å². The number of hydrazone groups is 1. The first-order chi connectivity index (χ1) is 14.0. The van der Waals surface area contributed by atoms with E-state index >= 15 is 0 Å².